The van der Waals surface area contributed by atoms with E-state index in [2.05, 4.69) is 17.5 Å². The number of hydrogen-bond donors (Lipinski definition) is 3. The van der Waals surface area contributed by atoms with Crippen LogP contribution in [0.5, 0.6) is 5.75 Å². The van der Waals surface area contributed by atoms with Gasteiger partial charge in [-0.2, -0.15) is 0 Å². The molecule has 1 fully saturated rings. The standard InChI is InChI=1S/C6H6O.C4H8NOS.CH2F2.Y/c7-6-4-2-1-3-5-6;6-4-1-3(2-4)5-7;2-1-3;/h1-5,7H;3-6H,1-2H2;1H2;/q;-1;;. The molecule has 3 N–H and O–H groups in total. The molecule has 1 saturated carbocycles. The van der Waals surface area contributed by atoms with Crippen LogP contribution in [0, 0.1) is 0 Å². The van der Waals surface area contributed by atoms with Crippen molar-refractivity contribution >= 4 is 12.8 Å². The number of benzene rings is 1. The number of halogens is 2. The topological polar surface area (TPSA) is 52.5 Å². The van der Waals surface area contributed by atoms with Crippen LogP contribution in [-0.2, 0) is 45.5 Å². The number of nitrogens with one attached hydrogen (secondary N) is 1. The molecule has 0 amide bonds. The Morgan fingerprint density at radius 1 is 1.22 bits per heavy atom. The molecular formula is C11H16F2NO2SY-. The normalized spacial score (nSPS) is 20.0. The van der Waals surface area contributed by atoms with Crippen LogP contribution in [0.4, 0.5) is 8.78 Å². The predicted molar refractivity (Wildman–Crippen MR) is 64.7 cm³/mol. The predicted octanol–water partition coefficient (Wildman–Crippen LogP) is 1.83. The van der Waals surface area contributed by atoms with Crippen molar-refractivity contribution in [2.45, 2.75) is 25.0 Å². The Bertz CT molecular complexity index is 277. The number of para-hydroxylation sites is 1. The molecule has 1 aromatic carbocycles. The number of alkyl halides is 2. The van der Waals surface area contributed by atoms with Crippen molar-refractivity contribution in [3.05, 3.63) is 30.3 Å². The van der Waals surface area contributed by atoms with Gasteiger partial charge in [-0.05, 0) is 31.0 Å². The largest absolute Gasteiger partial charge is 0.705 e. The zero-order valence-corrected chi connectivity index (χ0v) is 13.5. The molecule has 1 aliphatic rings. The van der Waals surface area contributed by atoms with Crippen LogP contribution in [0.25, 0.3) is 0 Å². The minimum Gasteiger partial charge on any atom is -0.705 e. The zero-order valence-electron chi connectivity index (χ0n) is 9.80. The van der Waals surface area contributed by atoms with Crippen molar-refractivity contribution in [2.75, 3.05) is 6.93 Å². The van der Waals surface area contributed by atoms with Crippen LogP contribution in [0.1, 0.15) is 12.8 Å². The quantitative estimate of drug-likeness (QED) is 0.675. The summed E-state index contributed by atoms with van der Waals surface area (Å²) in [5, 5.41) is 17.3. The maximum Gasteiger partial charge on any atom is 0.229 e. The van der Waals surface area contributed by atoms with Gasteiger partial charge in [-0.25, -0.2) is 8.78 Å². The molecule has 7 heteroatoms. The maximum absolute atomic E-state index is 9.62. The van der Waals surface area contributed by atoms with E-state index in [0.717, 1.165) is 12.8 Å². The molecule has 0 spiro atoms. The van der Waals surface area contributed by atoms with E-state index in [4.69, 9.17) is 10.2 Å². The first-order valence-electron chi connectivity index (χ1n) is 5.05. The van der Waals surface area contributed by atoms with Gasteiger partial charge in [0, 0.05) is 32.7 Å². The summed E-state index contributed by atoms with van der Waals surface area (Å²) in [6, 6.07) is 9.12. The number of aliphatic hydroxyl groups excluding tert-OH is 1. The van der Waals surface area contributed by atoms with E-state index in [0.29, 0.717) is 11.8 Å². The van der Waals surface area contributed by atoms with Crippen LogP contribution in [0.15, 0.2) is 30.3 Å². The van der Waals surface area contributed by atoms with Gasteiger partial charge in [0.15, 0.2) is 0 Å². The van der Waals surface area contributed by atoms with E-state index in [1.807, 2.05) is 6.07 Å². The number of phenols is 1. The van der Waals surface area contributed by atoms with Crippen molar-refractivity contribution in [3.8, 4) is 5.75 Å². The molecule has 101 valence electrons. The molecule has 0 aromatic heterocycles. The van der Waals surface area contributed by atoms with Gasteiger partial charge in [0.25, 0.3) is 0 Å². The molecule has 3 nitrogen and oxygen atoms in total. The summed E-state index contributed by atoms with van der Waals surface area (Å²) < 4.78 is 21.9. The first kappa shape index (κ1) is 20.6. The summed E-state index contributed by atoms with van der Waals surface area (Å²) in [6.45, 7) is -1.75. The third-order valence-electron chi connectivity index (χ3n) is 2.04. The van der Waals surface area contributed by atoms with Gasteiger partial charge in [0.05, 0.1) is 6.10 Å². The molecule has 1 aromatic rings. The number of rotatable bonds is 1. The molecule has 0 unspecified atom stereocenters. The van der Waals surface area contributed by atoms with E-state index in [-0.39, 0.29) is 38.8 Å². The van der Waals surface area contributed by atoms with Gasteiger partial charge in [-0.15, -0.1) is 0 Å². The van der Waals surface area contributed by atoms with Gasteiger partial charge in [0.2, 0.25) is 6.93 Å². The summed E-state index contributed by atoms with van der Waals surface area (Å²) in [5.41, 5.74) is 0. The molecular weight excluding hydrogens is 337 g/mol. The summed E-state index contributed by atoms with van der Waals surface area (Å²) in [7, 11) is 0. The van der Waals surface area contributed by atoms with E-state index in [1.165, 1.54) is 0 Å². The Kier molecular flexibility index (Phi) is 15.6. The summed E-state index contributed by atoms with van der Waals surface area (Å²) >= 11 is 4.52. The summed E-state index contributed by atoms with van der Waals surface area (Å²) in [5.74, 6) is 0.322. The van der Waals surface area contributed by atoms with E-state index in [1.54, 1.807) is 24.3 Å². The Labute approximate surface area is 136 Å². The van der Waals surface area contributed by atoms with Crippen molar-refractivity contribution < 1.29 is 51.7 Å². The van der Waals surface area contributed by atoms with Gasteiger partial charge >= 0.3 is 0 Å². The first-order valence-corrected chi connectivity index (χ1v) is 5.46. The fraction of sp³-hybridized carbons (Fsp3) is 0.455. The van der Waals surface area contributed by atoms with Crippen LogP contribution < -0.4 is 4.72 Å². The number of aromatic hydroxyl groups is 1. The van der Waals surface area contributed by atoms with E-state index in [9.17, 15) is 8.78 Å². The van der Waals surface area contributed by atoms with Crippen LogP contribution in [0.3, 0.4) is 0 Å². The number of phenolic OH excluding ortho intramolecular Hbond substituents is 1. The zero-order chi connectivity index (χ0) is 13.1. The molecule has 2 rings (SSSR count). The van der Waals surface area contributed by atoms with Crippen LogP contribution >= 0.6 is 0 Å². The second-order valence-corrected chi connectivity index (χ2v) is 3.61. The Morgan fingerprint density at radius 3 is 1.83 bits per heavy atom. The third-order valence-corrected chi connectivity index (χ3v) is 2.37. The SMILES string of the molecule is FCF.OC1CC(N[S-])C1.Oc1ccccc1.[Y]. The monoisotopic (exact) mass is 353 g/mol. The molecule has 0 atom stereocenters. The van der Waals surface area contributed by atoms with Crippen LogP contribution in [-0.4, -0.2) is 29.3 Å². The average molecular weight is 353 g/mol. The van der Waals surface area contributed by atoms with Gasteiger partial charge in [0.1, 0.15) is 5.75 Å². The second kappa shape index (κ2) is 13.7. The summed E-state index contributed by atoms with van der Waals surface area (Å²) in [4.78, 5) is 0. The van der Waals surface area contributed by atoms with Gasteiger partial charge in [-0.1, -0.05) is 18.2 Å². The second-order valence-electron chi connectivity index (χ2n) is 3.38. The molecule has 1 aliphatic carbocycles. The molecule has 0 heterocycles. The fourth-order valence-electron chi connectivity index (χ4n) is 1.11. The van der Waals surface area contributed by atoms with Crippen molar-refractivity contribution in [1.29, 1.82) is 0 Å². The number of hydrogen-bond acceptors (Lipinski definition) is 4. The van der Waals surface area contributed by atoms with Gasteiger partial charge in [-0.3, -0.25) is 0 Å². The Hall–Kier alpha value is 0.254. The molecule has 0 bridgehead atoms. The van der Waals surface area contributed by atoms with E-state index < -0.39 is 6.93 Å². The average Bonchev–Trinajstić information content (AvgIpc) is 2.28. The smallest absolute Gasteiger partial charge is 0.229 e. The number of aliphatic hydroxyl groups is 1. The molecule has 0 aliphatic heterocycles. The minimum absolute atomic E-state index is 0. The fourth-order valence-corrected chi connectivity index (χ4v) is 1.30. The Morgan fingerprint density at radius 2 is 1.67 bits per heavy atom. The molecule has 1 radical (unpaired) electrons. The maximum atomic E-state index is 9.62. The molecule has 0 saturated heterocycles. The molecule has 18 heavy (non-hydrogen) atoms. The minimum atomic E-state index is -1.75. The van der Waals surface area contributed by atoms with Crippen molar-refractivity contribution in [2.24, 2.45) is 0 Å². The Balaban J connectivity index is 0. The van der Waals surface area contributed by atoms with Crippen LogP contribution in [0.2, 0.25) is 0 Å². The van der Waals surface area contributed by atoms with Crippen molar-refractivity contribution in [1.82, 2.24) is 4.72 Å². The van der Waals surface area contributed by atoms with Crippen molar-refractivity contribution in [3.63, 3.8) is 0 Å². The summed E-state index contributed by atoms with van der Waals surface area (Å²) in [6.07, 6.45) is 1.59. The third kappa shape index (κ3) is 11.4. The van der Waals surface area contributed by atoms with E-state index >= 15 is 0 Å². The van der Waals surface area contributed by atoms with Gasteiger partial charge < -0.3 is 27.7 Å². The first-order chi connectivity index (χ1) is 8.13.